The Balaban J connectivity index is 2.51. The van der Waals surface area contributed by atoms with Crippen molar-refractivity contribution in [1.29, 1.82) is 0 Å². The third kappa shape index (κ3) is 3.93. The first-order valence-electron chi connectivity index (χ1n) is 6.44. The van der Waals surface area contributed by atoms with Gasteiger partial charge in [0, 0.05) is 25.7 Å². The number of sulfone groups is 1. The molecule has 0 unspecified atom stereocenters. The van der Waals surface area contributed by atoms with Crippen molar-refractivity contribution in [3.63, 3.8) is 0 Å². The van der Waals surface area contributed by atoms with Crippen molar-refractivity contribution < 1.29 is 8.42 Å². The third-order valence-electron chi connectivity index (χ3n) is 3.59. The highest BCUT2D eigenvalue weighted by Crippen LogP contribution is 2.25. The van der Waals surface area contributed by atoms with Crippen molar-refractivity contribution in [3.8, 4) is 0 Å². The van der Waals surface area contributed by atoms with Gasteiger partial charge in [0.1, 0.15) is 0 Å². The first kappa shape index (κ1) is 14.9. The molecule has 1 aliphatic rings. The summed E-state index contributed by atoms with van der Waals surface area (Å²) < 4.78 is 23.4. The van der Waals surface area contributed by atoms with E-state index >= 15 is 0 Å². The minimum atomic E-state index is -3.01. The quantitative estimate of drug-likeness (QED) is 0.776. The lowest BCUT2D eigenvalue weighted by Gasteiger charge is -2.37. The summed E-state index contributed by atoms with van der Waals surface area (Å²) in [6.45, 7) is 7.33. The van der Waals surface area contributed by atoms with E-state index in [1.54, 1.807) is 20.8 Å². The Morgan fingerprint density at radius 1 is 1.24 bits per heavy atom. The number of nitrogens with zero attached hydrogens (tertiary/aromatic N) is 1. The Labute approximate surface area is 105 Å². The van der Waals surface area contributed by atoms with Crippen LogP contribution in [0.2, 0.25) is 0 Å². The maximum Gasteiger partial charge on any atom is 0.156 e. The molecule has 1 saturated carbocycles. The number of hydrogen-bond acceptors (Lipinski definition) is 4. The summed E-state index contributed by atoms with van der Waals surface area (Å²) in [6.07, 6.45) is 3.64. The second-order valence-corrected chi connectivity index (χ2v) is 8.70. The molecule has 0 aromatic heterocycles. The van der Waals surface area contributed by atoms with Crippen LogP contribution in [0.3, 0.4) is 0 Å². The summed E-state index contributed by atoms with van der Waals surface area (Å²) in [5, 5.41) is 0. The molecule has 0 amide bonds. The lowest BCUT2D eigenvalue weighted by Crippen LogP contribution is -2.46. The van der Waals surface area contributed by atoms with Gasteiger partial charge in [-0.25, -0.2) is 8.42 Å². The van der Waals surface area contributed by atoms with E-state index in [1.807, 2.05) is 0 Å². The van der Waals surface area contributed by atoms with Crippen LogP contribution in [0.1, 0.15) is 40.0 Å². The largest absolute Gasteiger partial charge is 0.329 e. The third-order valence-corrected chi connectivity index (χ3v) is 6.17. The predicted octanol–water partition coefficient (Wildman–Crippen LogP) is 1.01. The first-order chi connectivity index (χ1) is 7.78. The van der Waals surface area contributed by atoms with Crippen LogP contribution in [-0.4, -0.2) is 49.5 Å². The van der Waals surface area contributed by atoms with E-state index in [1.165, 1.54) is 19.3 Å². The van der Waals surface area contributed by atoms with Crippen LogP contribution >= 0.6 is 0 Å². The van der Waals surface area contributed by atoms with Crippen molar-refractivity contribution in [1.82, 2.24) is 4.90 Å². The minimum absolute atomic E-state index is 0.243. The van der Waals surface area contributed by atoms with E-state index in [2.05, 4.69) is 4.90 Å². The van der Waals surface area contributed by atoms with Gasteiger partial charge in [0.15, 0.2) is 9.84 Å². The second-order valence-electron chi connectivity index (χ2n) is 5.84. The fourth-order valence-corrected chi connectivity index (χ4v) is 3.03. The molecule has 1 aliphatic carbocycles. The van der Waals surface area contributed by atoms with Crippen LogP contribution in [0.15, 0.2) is 0 Å². The van der Waals surface area contributed by atoms with Crippen LogP contribution in [-0.2, 0) is 9.84 Å². The molecule has 0 aromatic carbocycles. The van der Waals surface area contributed by atoms with Crippen molar-refractivity contribution >= 4 is 9.84 Å². The van der Waals surface area contributed by atoms with E-state index in [0.29, 0.717) is 19.1 Å². The lowest BCUT2D eigenvalue weighted by molar-refractivity contribution is 0.138. The van der Waals surface area contributed by atoms with E-state index < -0.39 is 14.6 Å². The van der Waals surface area contributed by atoms with Gasteiger partial charge in [0.05, 0.1) is 10.5 Å². The molecule has 0 saturated heterocycles. The highest BCUT2D eigenvalue weighted by atomic mass is 32.2. The Morgan fingerprint density at radius 2 is 1.82 bits per heavy atom. The molecule has 102 valence electrons. The molecule has 0 aromatic rings. The molecule has 4 nitrogen and oxygen atoms in total. The van der Waals surface area contributed by atoms with Gasteiger partial charge in [0.2, 0.25) is 0 Å². The molecule has 2 N–H and O–H groups in total. The maximum atomic E-state index is 12.0. The fraction of sp³-hybridized carbons (Fsp3) is 1.00. The van der Waals surface area contributed by atoms with E-state index in [-0.39, 0.29) is 5.75 Å². The molecule has 1 fully saturated rings. The van der Waals surface area contributed by atoms with E-state index in [9.17, 15) is 8.42 Å². The summed E-state index contributed by atoms with van der Waals surface area (Å²) in [4.78, 5) is 2.24. The molecular weight excluding hydrogens is 236 g/mol. The zero-order valence-electron chi connectivity index (χ0n) is 11.3. The normalized spacial score (nSPS) is 18.4. The molecule has 0 spiro atoms. The van der Waals surface area contributed by atoms with Gasteiger partial charge in [-0.3, -0.25) is 4.90 Å². The van der Waals surface area contributed by atoms with Gasteiger partial charge in [-0.2, -0.15) is 0 Å². The average molecular weight is 262 g/mol. The van der Waals surface area contributed by atoms with Gasteiger partial charge < -0.3 is 5.73 Å². The second kappa shape index (κ2) is 5.67. The Hall–Kier alpha value is -0.130. The molecule has 17 heavy (non-hydrogen) atoms. The van der Waals surface area contributed by atoms with Crippen LogP contribution < -0.4 is 5.73 Å². The lowest BCUT2D eigenvalue weighted by atomic mass is 9.91. The first-order valence-corrected chi connectivity index (χ1v) is 8.09. The van der Waals surface area contributed by atoms with Crippen molar-refractivity contribution in [2.24, 2.45) is 5.73 Å². The van der Waals surface area contributed by atoms with E-state index in [4.69, 9.17) is 5.73 Å². The predicted molar refractivity (Wildman–Crippen MR) is 71.8 cm³/mol. The molecule has 1 rings (SSSR count). The molecule has 0 bridgehead atoms. The number of rotatable bonds is 6. The van der Waals surface area contributed by atoms with Gasteiger partial charge in [-0.1, -0.05) is 6.42 Å². The fourth-order valence-electron chi connectivity index (χ4n) is 1.94. The Morgan fingerprint density at radius 3 is 2.18 bits per heavy atom. The SMILES string of the molecule is CC(C)(C)S(=O)(=O)CCN(CCN)C1CCC1. The smallest absolute Gasteiger partial charge is 0.156 e. The standard InChI is InChI=1S/C12H26N2O2S/c1-12(2,3)17(15,16)10-9-14(8-7-13)11-5-4-6-11/h11H,4-10,13H2,1-3H3. The summed E-state index contributed by atoms with van der Waals surface area (Å²) >= 11 is 0. The number of hydrogen-bond donors (Lipinski definition) is 1. The zero-order valence-corrected chi connectivity index (χ0v) is 12.1. The zero-order chi connectivity index (χ0) is 13.1. The van der Waals surface area contributed by atoms with Gasteiger partial charge in [0.25, 0.3) is 0 Å². The van der Waals surface area contributed by atoms with Crippen LogP contribution in [0.5, 0.6) is 0 Å². The van der Waals surface area contributed by atoms with Gasteiger partial charge >= 0.3 is 0 Å². The molecular formula is C12H26N2O2S. The summed E-state index contributed by atoms with van der Waals surface area (Å²) in [6, 6.07) is 0.564. The summed E-state index contributed by atoms with van der Waals surface area (Å²) in [5.74, 6) is 0.243. The van der Waals surface area contributed by atoms with Crippen LogP contribution in [0, 0.1) is 0 Å². The molecule has 0 radical (unpaired) electrons. The van der Waals surface area contributed by atoms with Gasteiger partial charge in [-0.15, -0.1) is 0 Å². The van der Waals surface area contributed by atoms with E-state index in [0.717, 1.165) is 6.54 Å². The van der Waals surface area contributed by atoms with Crippen molar-refractivity contribution in [3.05, 3.63) is 0 Å². The van der Waals surface area contributed by atoms with Crippen molar-refractivity contribution in [2.75, 3.05) is 25.4 Å². The van der Waals surface area contributed by atoms with Crippen LogP contribution in [0.4, 0.5) is 0 Å². The average Bonchev–Trinajstić information content (AvgIpc) is 2.10. The summed E-state index contributed by atoms with van der Waals surface area (Å²) in [5.41, 5.74) is 5.58. The monoisotopic (exact) mass is 262 g/mol. The Bertz CT molecular complexity index is 329. The molecule has 5 heteroatoms. The Kier molecular flexibility index (Phi) is 4.98. The topological polar surface area (TPSA) is 63.4 Å². The van der Waals surface area contributed by atoms with Crippen LogP contribution in [0.25, 0.3) is 0 Å². The highest BCUT2D eigenvalue weighted by Gasteiger charge is 2.31. The van der Waals surface area contributed by atoms with Crippen molar-refractivity contribution in [2.45, 2.75) is 50.8 Å². The molecule has 0 aliphatic heterocycles. The maximum absolute atomic E-state index is 12.0. The highest BCUT2D eigenvalue weighted by molar-refractivity contribution is 7.92. The molecule has 0 heterocycles. The van der Waals surface area contributed by atoms with Gasteiger partial charge in [-0.05, 0) is 33.6 Å². The summed E-state index contributed by atoms with van der Waals surface area (Å²) in [7, 11) is -3.01. The minimum Gasteiger partial charge on any atom is -0.329 e. The number of nitrogens with two attached hydrogens (primary N) is 1. The molecule has 0 atom stereocenters.